The van der Waals surface area contributed by atoms with Crippen LogP contribution in [-0.4, -0.2) is 37.2 Å². The number of ether oxygens (including phenoxy) is 1. The third-order valence-electron chi connectivity index (χ3n) is 3.45. The summed E-state index contributed by atoms with van der Waals surface area (Å²) in [4.78, 5) is 11.8. The first-order chi connectivity index (χ1) is 11.1. The van der Waals surface area contributed by atoms with Crippen molar-refractivity contribution in [2.45, 2.75) is 37.7 Å². The Morgan fingerprint density at radius 1 is 1.24 bits per heavy atom. The number of amides is 1. The monoisotopic (exact) mass is 388 g/mol. The van der Waals surface area contributed by atoms with Crippen molar-refractivity contribution in [3.63, 3.8) is 0 Å². The Balaban J connectivity index is 0.00000312. The lowest BCUT2D eigenvalue weighted by molar-refractivity contribution is -0.176. The number of hydrogen-bond acceptors (Lipinski definition) is 3. The van der Waals surface area contributed by atoms with E-state index in [9.17, 15) is 26.7 Å². The maximum Gasteiger partial charge on any atom is 0.411 e. The third kappa shape index (κ3) is 7.54. The molecule has 2 rings (SSSR count). The van der Waals surface area contributed by atoms with Gasteiger partial charge in [0, 0.05) is 13.0 Å². The van der Waals surface area contributed by atoms with Crippen LogP contribution in [0, 0.1) is 0 Å². The standard InChI is InChI=1S/C15H17F5N2O2.ClH/c16-14(17)5-12(22-8-14)13(23)21-6-10-1-3-11(4-2-10)7-24-9-15(18,19)20;/h1-4,12,22H,5-9H2,(H,21,23);1H. The summed E-state index contributed by atoms with van der Waals surface area (Å²) in [7, 11) is 0. The number of rotatable bonds is 6. The second-order valence-electron chi connectivity index (χ2n) is 5.64. The smallest absolute Gasteiger partial charge is 0.367 e. The number of benzene rings is 1. The first-order valence-corrected chi connectivity index (χ1v) is 7.26. The van der Waals surface area contributed by atoms with Crippen LogP contribution in [0.2, 0.25) is 0 Å². The van der Waals surface area contributed by atoms with Gasteiger partial charge in [0.05, 0.1) is 19.2 Å². The lowest BCUT2D eigenvalue weighted by Crippen LogP contribution is -2.40. The maximum absolute atomic E-state index is 13.0. The first-order valence-electron chi connectivity index (χ1n) is 7.26. The zero-order valence-electron chi connectivity index (χ0n) is 13.0. The molecule has 0 saturated carbocycles. The van der Waals surface area contributed by atoms with Crippen molar-refractivity contribution in [3.8, 4) is 0 Å². The molecule has 0 aromatic heterocycles. The topological polar surface area (TPSA) is 50.4 Å². The van der Waals surface area contributed by atoms with E-state index in [1.165, 1.54) is 0 Å². The molecule has 2 N–H and O–H groups in total. The van der Waals surface area contributed by atoms with E-state index in [4.69, 9.17) is 0 Å². The molecule has 0 radical (unpaired) electrons. The Morgan fingerprint density at radius 3 is 2.36 bits per heavy atom. The summed E-state index contributed by atoms with van der Waals surface area (Å²) in [5.74, 6) is -3.38. The molecule has 4 nitrogen and oxygen atoms in total. The van der Waals surface area contributed by atoms with Crippen molar-refractivity contribution >= 4 is 18.3 Å². The predicted molar refractivity (Wildman–Crippen MR) is 82.6 cm³/mol. The molecule has 1 heterocycles. The van der Waals surface area contributed by atoms with Gasteiger partial charge in [0.2, 0.25) is 5.91 Å². The summed E-state index contributed by atoms with van der Waals surface area (Å²) >= 11 is 0. The van der Waals surface area contributed by atoms with Gasteiger partial charge in [-0.3, -0.25) is 10.1 Å². The number of halogens is 6. The molecule has 1 atom stereocenters. The van der Waals surface area contributed by atoms with Crippen molar-refractivity contribution in [2.24, 2.45) is 0 Å². The first kappa shape index (κ1) is 21.6. The number of carbonyl (C=O) groups excluding carboxylic acids is 1. The van der Waals surface area contributed by atoms with Crippen molar-refractivity contribution in [3.05, 3.63) is 35.4 Å². The van der Waals surface area contributed by atoms with Crippen molar-refractivity contribution in [2.75, 3.05) is 13.2 Å². The van der Waals surface area contributed by atoms with Crippen LogP contribution >= 0.6 is 12.4 Å². The Morgan fingerprint density at radius 2 is 1.84 bits per heavy atom. The third-order valence-corrected chi connectivity index (χ3v) is 3.45. The highest BCUT2D eigenvalue weighted by atomic mass is 35.5. The van der Waals surface area contributed by atoms with E-state index < -0.39 is 43.6 Å². The number of alkyl halides is 5. The summed E-state index contributed by atoms with van der Waals surface area (Å²) in [5, 5.41) is 5.00. The van der Waals surface area contributed by atoms with Gasteiger partial charge in [-0.15, -0.1) is 12.4 Å². The van der Waals surface area contributed by atoms with Gasteiger partial charge in [-0.05, 0) is 11.1 Å². The minimum atomic E-state index is -4.37. The molecule has 1 aromatic carbocycles. The molecule has 0 aliphatic carbocycles. The molecule has 142 valence electrons. The summed E-state index contributed by atoms with van der Waals surface area (Å²) in [5.41, 5.74) is 1.26. The van der Waals surface area contributed by atoms with Crippen molar-refractivity contribution in [1.29, 1.82) is 0 Å². The fourth-order valence-electron chi connectivity index (χ4n) is 2.25. The summed E-state index contributed by atoms with van der Waals surface area (Å²) in [6, 6.07) is 5.50. The van der Waals surface area contributed by atoms with Gasteiger partial charge < -0.3 is 10.1 Å². The molecular weight excluding hydrogens is 371 g/mol. The van der Waals surface area contributed by atoms with Crippen LogP contribution in [0.4, 0.5) is 22.0 Å². The molecule has 1 aromatic rings. The average molecular weight is 389 g/mol. The highest BCUT2D eigenvalue weighted by molar-refractivity contribution is 5.85. The Bertz CT molecular complexity index is 566. The second-order valence-corrected chi connectivity index (χ2v) is 5.64. The number of carbonyl (C=O) groups is 1. The zero-order chi connectivity index (χ0) is 17.8. The second kappa shape index (κ2) is 8.77. The molecule has 0 spiro atoms. The zero-order valence-corrected chi connectivity index (χ0v) is 13.9. The van der Waals surface area contributed by atoms with Crippen LogP contribution in [0.5, 0.6) is 0 Å². The summed E-state index contributed by atoms with van der Waals surface area (Å²) < 4.78 is 66.4. The van der Waals surface area contributed by atoms with E-state index in [0.29, 0.717) is 11.1 Å². The van der Waals surface area contributed by atoms with Crippen LogP contribution in [-0.2, 0) is 22.7 Å². The molecular formula is C15H18ClF5N2O2. The van der Waals surface area contributed by atoms with Crippen LogP contribution in [0.3, 0.4) is 0 Å². The minimum Gasteiger partial charge on any atom is -0.367 e. The van der Waals surface area contributed by atoms with Gasteiger partial charge in [0.15, 0.2) is 0 Å². The lowest BCUT2D eigenvalue weighted by Gasteiger charge is -2.12. The lowest BCUT2D eigenvalue weighted by atomic mass is 10.1. The SMILES string of the molecule is Cl.O=C(NCc1ccc(COCC(F)(F)F)cc1)C1CC(F)(F)CN1. The molecule has 1 amide bonds. The van der Waals surface area contributed by atoms with Gasteiger partial charge >= 0.3 is 6.18 Å². The summed E-state index contributed by atoms with van der Waals surface area (Å²) in [6.07, 6.45) is -4.90. The van der Waals surface area contributed by atoms with Crippen LogP contribution in [0.15, 0.2) is 24.3 Å². The van der Waals surface area contributed by atoms with Gasteiger partial charge in [0.1, 0.15) is 6.61 Å². The number of hydrogen-bond donors (Lipinski definition) is 2. The van der Waals surface area contributed by atoms with Crippen molar-refractivity contribution in [1.82, 2.24) is 10.6 Å². The van der Waals surface area contributed by atoms with Gasteiger partial charge in [0.25, 0.3) is 5.92 Å². The maximum atomic E-state index is 13.0. The average Bonchev–Trinajstić information content (AvgIpc) is 2.85. The fourth-order valence-corrected chi connectivity index (χ4v) is 2.25. The fraction of sp³-hybridized carbons (Fsp3) is 0.533. The minimum absolute atomic E-state index is 0. The van der Waals surface area contributed by atoms with E-state index in [1.54, 1.807) is 24.3 Å². The van der Waals surface area contributed by atoms with E-state index in [-0.39, 0.29) is 25.6 Å². The van der Waals surface area contributed by atoms with E-state index >= 15 is 0 Å². The molecule has 25 heavy (non-hydrogen) atoms. The van der Waals surface area contributed by atoms with Gasteiger partial charge in [-0.25, -0.2) is 8.78 Å². The van der Waals surface area contributed by atoms with Crippen molar-refractivity contribution < 1.29 is 31.5 Å². The molecule has 1 aliphatic rings. The molecule has 10 heteroatoms. The molecule has 1 aliphatic heterocycles. The van der Waals surface area contributed by atoms with Crippen LogP contribution < -0.4 is 10.6 Å². The van der Waals surface area contributed by atoms with E-state index in [0.717, 1.165) is 0 Å². The molecule has 1 fully saturated rings. The Labute approximate surface area is 147 Å². The van der Waals surface area contributed by atoms with Crippen LogP contribution in [0.1, 0.15) is 17.5 Å². The largest absolute Gasteiger partial charge is 0.411 e. The van der Waals surface area contributed by atoms with E-state index in [2.05, 4.69) is 15.4 Å². The highest BCUT2D eigenvalue weighted by Crippen LogP contribution is 2.25. The summed E-state index contributed by atoms with van der Waals surface area (Å²) in [6.45, 7) is -1.86. The molecule has 1 saturated heterocycles. The number of nitrogens with one attached hydrogen (secondary N) is 2. The molecule has 1 unspecified atom stereocenters. The predicted octanol–water partition coefficient (Wildman–Crippen LogP) is 2.80. The Hall–Kier alpha value is -1.45. The quantitative estimate of drug-likeness (QED) is 0.737. The van der Waals surface area contributed by atoms with Gasteiger partial charge in [-0.1, -0.05) is 24.3 Å². The van der Waals surface area contributed by atoms with Gasteiger partial charge in [-0.2, -0.15) is 13.2 Å². The Kier molecular flexibility index (Phi) is 7.58. The normalized spacial score (nSPS) is 19.3. The highest BCUT2D eigenvalue weighted by Gasteiger charge is 2.42. The van der Waals surface area contributed by atoms with Crippen LogP contribution in [0.25, 0.3) is 0 Å². The molecule has 0 bridgehead atoms. The van der Waals surface area contributed by atoms with E-state index in [1.807, 2.05) is 0 Å².